The number of carbonyl (C=O) groups is 2. The predicted octanol–water partition coefficient (Wildman–Crippen LogP) is 6.35. The highest BCUT2D eigenvalue weighted by atomic mass is 19.1. The molecule has 0 aliphatic carbocycles. The average Bonchev–Trinajstić information content (AvgIpc) is 3.21. The minimum atomic E-state index is -1.10. The molecule has 0 radical (unpaired) electrons. The normalized spacial score (nSPS) is 13.3. The number of halogens is 2. The van der Waals surface area contributed by atoms with Crippen molar-refractivity contribution in [3.8, 4) is 0 Å². The number of alkyl carbamates (subject to hydrolysis) is 2. The molecule has 2 N–H and O–H groups in total. The summed E-state index contributed by atoms with van der Waals surface area (Å²) >= 11 is 0. The van der Waals surface area contributed by atoms with Crippen molar-refractivity contribution < 1.29 is 56.3 Å². The van der Waals surface area contributed by atoms with Gasteiger partial charge >= 0.3 is 12.2 Å². The fourth-order valence-electron chi connectivity index (χ4n) is 5.62. The molecule has 4 atom stereocenters. The largest absolute Gasteiger partial charge is 0.445 e. The van der Waals surface area contributed by atoms with Gasteiger partial charge in [-0.3, -0.25) is 0 Å². The highest BCUT2D eigenvalue weighted by molar-refractivity contribution is 5.68. The molecule has 56 heavy (non-hydrogen) atoms. The number of amides is 2. The van der Waals surface area contributed by atoms with Gasteiger partial charge in [0, 0.05) is 14.2 Å². The number of ether oxygens (including phenoxy) is 8. The van der Waals surface area contributed by atoms with Crippen molar-refractivity contribution in [3.63, 3.8) is 0 Å². The van der Waals surface area contributed by atoms with Gasteiger partial charge in [-0.1, -0.05) is 84.9 Å². The Morgan fingerprint density at radius 2 is 0.893 bits per heavy atom. The molecule has 0 saturated heterocycles. The van der Waals surface area contributed by atoms with Gasteiger partial charge in [0.05, 0.1) is 38.5 Å². The first kappa shape index (κ1) is 43.8. The summed E-state index contributed by atoms with van der Waals surface area (Å²) in [6, 6.07) is 28.0. The van der Waals surface area contributed by atoms with E-state index in [9.17, 15) is 18.4 Å². The fourth-order valence-corrected chi connectivity index (χ4v) is 5.62. The van der Waals surface area contributed by atoms with Gasteiger partial charge in [0.15, 0.2) is 0 Å². The molecular weight excluding hydrogens is 730 g/mol. The first-order valence-corrected chi connectivity index (χ1v) is 18.1. The second-order valence-electron chi connectivity index (χ2n) is 12.6. The van der Waals surface area contributed by atoms with Crippen molar-refractivity contribution in [2.75, 3.05) is 54.2 Å². The van der Waals surface area contributed by atoms with Gasteiger partial charge in [-0.25, -0.2) is 18.4 Å². The van der Waals surface area contributed by atoms with E-state index in [0.717, 1.165) is 11.1 Å². The highest BCUT2D eigenvalue weighted by Crippen LogP contribution is 2.22. The number of nitrogens with one attached hydrogen (secondary N) is 2. The Bertz CT molecular complexity index is 1550. The molecule has 0 saturated carbocycles. The fraction of sp³-hybridized carbons (Fsp3) is 0.381. The van der Waals surface area contributed by atoms with Crippen molar-refractivity contribution in [2.24, 2.45) is 0 Å². The van der Waals surface area contributed by atoms with Crippen molar-refractivity contribution >= 4 is 12.2 Å². The molecule has 0 spiro atoms. The molecule has 0 aromatic heterocycles. The van der Waals surface area contributed by atoms with Gasteiger partial charge < -0.3 is 48.5 Å². The standard InChI is InChI=1S/C42H50F2N2O10/c1-49-21-23-51-29-55-39(37(25-31-13-17-35(43)18-14-31)45-41(47)53-27-33-9-5-3-6-10-33)40(56-30-52-24-22-50-2)38(26-32-15-19-36(44)20-16-32)46-42(48)54-28-34-11-7-4-8-12-34/h3-20,37-40H,21-30H2,1-2H3,(H,45,47)(H,46,48)/t37-,38-,39+,40+/m1/s1. The quantitative estimate of drug-likeness (QED) is 0.0580. The summed E-state index contributed by atoms with van der Waals surface area (Å²) in [6.45, 7) is 0.355. The molecule has 12 nitrogen and oxygen atoms in total. The SMILES string of the molecule is COCCOCO[C@H]([C@@H](OCOCCOC)[C@@H](Cc1ccc(F)cc1)NC(=O)OCc1ccccc1)[C@@H](Cc1ccc(F)cc1)NC(=O)OCc1ccccc1. The number of methoxy groups -OCH3 is 2. The molecule has 4 aromatic carbocycles. The average molecular weight is 781 g/mol. The Morgan fingerprint density at radius 1 is 0.518 bits per heavy atom. The summed E-state index contributed by atoms with van der Waals surface area (Å²) in [4.78, 5) is 27.1. The molecule has 4 rings (SSSR count). The van der Waals surface area contributed by atoms with Crippen LogP contribution >= 0.6 is 0 Å². The van der Waals surface area contributed by atoms with E-state index in [-0.39, 0.29) is 66.1 Å². The van der Waals surface area contributed by atoms with Crippen LogP contribution in [0.1, 0.15) is 22.3 Å². The third-order valence-corrected chi connectivity index (χ3v) is 8.44. The second kappa shape index (κ2) is 25.2. The van der Waals surface area contributed by atoms with E-state index < -0.39 is 48.1 Å². The summed E-state index contributed by atoms with van der Waals surface area (Å²) < 4.78 is 73.9. The first-order valence-electron chi connectivity index (χ1n) is 18.1. The van der Waals surface area contributed by atoms with Gasteiger partial charge in [0.1, 0.15) is 50.6 Å². The third kappa shape index (κ3) is 16.4. The Balaban J connectivity index is 1.72. The van der Waals surface area contributed by atoms with E-state index >= 15 is 0 Å². The molecule has 4 aromatic rings. The van der Waals surface area contributed by atoms with Crippen LogP contribution in [0.25, 0.3) is 0 Å². The van der Waals surface area contributed by atoms with Crippen LogP contribution in [-0.2, 0) is 64.0 Å². The van der Waals surface area contributed by atoms with Crippen LogP contribution < -0.4 is 10.6 Å². The van der Waals surface area contributed by atoms with Gasteiger partial charge in [-0.15, -0.1) is 0 Å². The second-order valence-corrected chi connectivity index (χ2v) is 12.6. The summed E-state index contributed by atoms with van der Waals surface area (Å²) in [5, 5.41) is 5.85. The minimum absolute atomic E-state index is 0.0170. The van der Waals surface area contributed by atoms with E-state index in [1.807, 2.05) is 60.7 Å². The first-order chi connectivity index (χ1) is 27.3. The lowest BCUT2D eigenvalue weighted by Gasteiger charge is -2.38. The van der Waals surface area contributed by atoms with Crippen LogP contribution in [0.5, 0.6) is 0 Å². The van der Waals surface area contributed by atoms with E-state index in [4.69, 9.17) is 37.9 Å². The minimum Gasteiger partial charge on any atom is -0.445 e. The van der Waals surface area contributed by atoms with E-state index in [0.29, 0.717) is 11.1 Å². The van der Waals surface area contributed by atoms with E-state index in [1.165, 1.54) is 38.5 Å². The zero-order chi connectivity index (χ0) is 39.8. The van der Waals surface area contributed by atoms with Gasteiger partial charge in [-0.2, -0.15) is 0 Å². The van der Waals surface area contributed by atoms with Crippen molar-refractivity contribution in [2.45, 2.75) is 50.3 Å². The van der Waals surface area contributed by atoms with Gasteiger partial charge in [-0.05, 0) is 59.4 Å². The van der Waals surface area contributed by atoms with Crippen LogP contribution in [0, 0.1) is 11.6 Å². The van der Waals surface area contributed by atoms with Crippen LogP contribution in [0.2, 0.25) is 0 Å². The van der Waals surface area contributed by atoms with Crippen molar-refractivity contribution in [1.29, 1.82) is 0 Å². The molecule has 0 aliphatic rings. The number of benzene rings is 4. The summed E-state index contributed by atoms with van der Waals surface area (Å²) in [6.07, 6.45) is -3.52. The van der Waals surface area contributed by atoms with Crippen LogP contribution in [0.3, 0.4) is 0 Å². The maximum Gasteiger partial charge on any atom is 0.407 e. The molecule has 14 heteroatoms. The number of hydrogen-bond acceptors (Lipinski definition) is 10. The molecule has 302 valence electrons. The van der Waals surface area contributed by atoms with E-state index in [2.05, 4.69) is 10.6 Å². The molecule has 2 amide bonds. The monoisotopic (exact) mass is 780 g/mol. The van der Waals surface area contributed by atoms with E-state index in [1.54, 1.807) is 24.3 Å². The lowest BCUT2D eigenvalue weighted by Crippen LogP contribution is -2.59. The number of hydrogen-bond donors (Lipinski definition) is 2. The van der Waals surface area contributed by atoms with Gasteiger partial charge in [0.2, 0.25) is 0 Å². The van der Waals surface area contributed by atoms with Gasteiger partial charge in [0.25, 0.3) is 0 Å². The Kier molecular flexibility index (Phi) is 19.7. The molecule has 0 bridgehead atoms. The maximum atomic E-state index is 14.0. The zero-order valence-corrected chi connectivity index (χ0v) is 31.6. The summed E-state index contributed by atoms with van der Waals surface area (Å²) in [7, 11) is 3.07. The molecule has 0 fully saturated rings. The number of carbonyl (C=O) groups excluding carboxylic acids is 2. The predicted molar refractivity (Wildman–Crippen MR) is 202 cm³/mol. The Labute approximate surface area is 326 Å². The zero-order valence-electron chi connectivity index (χ0n) is 31.6. The lowest BCUT2D eigenvalue weighted by molar-refractivity contribution is -0.185. The Morgan fingerprint density at radius 3 is 1.25 bits per heavy atom. The van der Waals surface area contributed by atoms with Crippen molar-refractivity contribution in [3.05, 3.63) is 143 Å². The summed E-state index contributed by atoms with van der Waals surface area (Å²) in [5.74, 6) is -0.876. The van der Waals surface area contributed by atoms with Crippen LogP contribution in [0.4, 0.5) is 18.4 Å². The van der Waals surface area contributed by atoms with Crippen LogP contribution in [-0.4, -0.2) is 90.7 Å². The molecule has 0 unspecified atom stereocenters. The molecular formula is C42H50F2N2O10. The van der Waals surface area contributed by atoms with Crippen molar-refractivity contribution in [1.82, 2.24) is 10.6 Å². The molecule has 0 heterocycles. The smallest absolute Gasteiger partial charge is 0.407 e. The highest BCUT2D eigenvalue weighted by Gasteiger charge is 2.39. The third-order valence-electron chi connectivity index (χ3n) is 8.44. The summed E-state index contributed by atoms with van der Waals surface area (Å²) in [5.41, 5.74) is 2.83. The number of rotatable bonds is 25. The van der Waals surface area contributed by atoms with Crippen LogP contribution in [0.15, 0.2) is 109 Å². The maximum absolute atomic E-state index is 14.0. The topological polar surface area (TPSA) is 132 Å². The lowest BCUT2D eigenvalue weighted by atomic mass is 9.90. The Hall–Kier alpha value is -4.96. The molecule has 0 aliphatic heterocycles.